The van der Waals surface area contributed by atoms with Crippen LogP contribution in [0, 0.1) is 6.92 Å². The first kappa shape index (κ1) is 30.8. The van der Waals surface area contributed by atoms with Gasteiger partial charge in [0.05, 0.1) is 43.2 Å². The fourth-order valence-corrected chi connectivity index (χ4v) is 5.46. The molecular weight excluding hydrogens is 574 g/mol. The molecule has 0 saturated heterocycles. The Labute approximate surface area is 249 Å². The number of furan rings is 1. The number of aryl methyl sites for hydroxylation is 1. The number of nitrogens with one attached hydrogen (secondary N) is 1. The van der Waals surface area contributed by atoms with Gasteiger partial charge in [-0.15, -0.1) is 0 Å². The maximum atomic E-state index is 13.7. The molecule has 1 heterocycles. The number of nitrogens with zero attached hydrogens (tertiary/aromatic N) is 2. The standard InChI is InChI=1S/C31H31N3O8S/c1-5-41-31(36)23-10-8-22(9-11-23)28-17-13-25(42-28)19-32-33-30(35)20-34(27-16-12-24(39-3)18-29(27)40-4)43(37,38)26-14-6-21(2)7-15-26/h6-19H,5,20H2,1-4H3,(H,33,35)/b32-19-. The number of carbonyl (C=O) groups is 2. The molecule has 0 radical (unpaired) electrons. The van der Waals surface area contributed by atoms with E-state index in [0.717, 1.165) is 15.4 Å². The van der Waals surface area contributed by atoms with Crippen molar-refractivity contribution in [1.82, 2.24) is 5.43 Å². The fourth-order valence-electron chi connectivity index (χ4n) is 4.02. The number of esters is 1. The molecule has 4 rings (SSSR count). The molecule has 1 amide bonds. The second kappa shape index (κ2) is 13.7. The maximum Gasteiger partial charge on any atom is 0.338 e. The normalized spacial score (nSPS) is 11.3. The van der Waals surface area contributed by atoms with E-state index in [4.69, 9.17) is 18.6 Å². The molecule has 1 N–H and O–H groups in total. The summed E-state index contributed by atoms with van der Waals surface area (Å²) in [6, 6.07) is 21.0. The van der Waals surface area contributed by atoms with E-state index in [9.17, 15) is 18.0 Å². The number of ether oxygens (including phenoxy) is 3. The highest BCUT2D eigenvalue weighted by atomic mass is 32.2. The number of hydrazone groups is 1. The minimum atomic E-state index is -4.18. The Morgan fingerprint density at radius 1 is 0.953 bits per heavy atom. The van der Waals surface area contributed by atoms with E-state index in [1.54, 1.807) is 61.5 Å². The molecule has 4 aromatic rings. The number of amides is 1. The van der Waals surface area contributed by atoms with Gasteiger partial charge in [-0.05, 0) is 62.4 Å². The van der Waals surface area contributed by atoms with E-state index in [-0.39, 0.29) is 22.9 Å². The molecule has 12 heteroatoms. The smallest absolute Gasteiger partial charge is 0.338 e. The van der Waals surface area contributed by atoms with E-state index < -0.39 is 28.4 Å². The molecule has 0 atom stereocenters. The summed E-state index contributed by atoms with van der Waals surface area (Å²) in [5.41, 5.74) is 4.53. The summed E-state index contributed by atoms with van der Waals surface area (Å²) in [5, 5.41) is 3.94. The lowest BCUT2D eigenvalue weighted by atomic mass is 10.1. The Hall–Kier alpha value is -5.10. The van der Waals surface area contributed by atoms with Crippen molar-refractivity contribution in [3.63, 3.8) is 0 Å². The van der Waals surface area contributed by atoms with E-state index >= 15 is 0 Å². The predicted molar refractivity (Wildman–Crippen MR) is 161 cm³/mol. The molecule has 0 fully saturated rings. The van der Waals surface area contributed by atoms with E-state index in [2.05, 4.69) is 10.5 Å². The zero-order chi connectivity index (χ0) is 31.0. The van der Waals surface area contributed by atoms with Crippen LogP contribution in [0.4, 0.5) is 5.69 Å². The molecule has 1 aromatic heterocycles. The highest BCUT2D eigenvalue weighted by Gasteiger charge is 2.29. The van der Waals surface area contributed by atoms with Crippen LogP contribution in [0.5, 0.6) is 11.5 Å². The molecule has 0 saturated carbocycles. The van der Waals surface area contributed by atoms with Crippen molar-refractivity contribution < 1.29 is 36.6 Å². The number of anilines is 1. The number of hydrogen-bond acceptors (Lipinski definition) is 9. The van der Waals surface area contributed by atoms with Crippen molar-refractivity contribution >= 4 is 33.8 Å². The minimum absolute atomic E-state index is 0.00526. The Morgan fingerprint density at radius 3 is 2.33 bits per heavy atom. The average molecular weight is 606 g/mol. The van der Waals surface area contributed by atoms with Crippen molar-refractivity contribution in [2.75, 3.05) is 31.7 Å². The van der Waals surface area contributed by atoms with Crippen LogP contribution < -0.4 is 19.2 Å². The van der Waals surface area contributed by atoms with Gasteiger partial charge >= 0.3 is 5.97 Å². The summed E-state index contributed by atoms with van der Waals surface area (Å²) in [5.74, 6) is 0.398. The summed E-state index contributed by atoms with van der Waals surface area (Å²) < 4.78 is 49.8. The average Bonchev–Trinajstić information content (AvgIpc) is 3.49. The lowest BCUT2D eigenvalue weighted by Gasteiger charge is -2.25. The van der Waals surface area contributed by atoms with Gasteiger partial charge in [-0.25, -0.2) is 18.6 Å². The second-order valence-electron chi connectivity index (χ2n) is 9.16. The third-order valence-corrected chi connectivity index (χ3v) is 8.01. The Bertz CT molecular complexity index is 1710. The van der Waals surface area contributed by atoms with Crippen molar-refractivity contribution in [3.05, 3.63) is 95.7 Å². The van der Waals surface area contributed by atoms with Gasteiger partial charge in [0.25, 0.3) is 15.9 Å². The van der Waals surface area contributed by atoms with Crippen molar-refractivity contribution in [2.45, 2.75) is 18.7 Å². The number of benzene rings is 3. The summed E-state index contributed by atoms with van der Waals surface area (Å²) >= 11 is 0. The van der Waals surface area contributed by atoms with Gasteiger partial charge in [0.15, 0.2) is 0 Å². The molecule has 0 aliphatic carbocycles. The van der Waals surface area contributed by atoms with E-state index in [1.807, 2.05) is 6.92 Å². The summed E-state index contributed by atoms with van der Waals surface area (Å²) in [6.45, 7) is 3.28. The van der Waals surface area contributed by atoms with Crippen LogP contribution in [0.15, 0.2) is 93.3 Å². The molecule has 0 spiro atoms. The Kier molecular flexibility index (Phi) is 9.83. The molecule has 11 nitrogen and oxygen atoms in total. The van der Waals surface area contributed by atoms with Crippen LogP contribution in [0.1, 0.15) is 28.6 Å². The first-order valence-corrected chi connectivity index (χ1v) is 14.6. The fraction of sp³-hybridized carbons (Fsp3) is 0.194. The number of methoxy groups -OCH3 is 2. The first-order chi connectivity index (χ1) is 20.7. The Balaban J connectivity index is 1.51. The van der Waals surface area contributed by atoms with Crippen LogP contribution in [0.25, 0.3) is 11.3 Å². The summed E-state index contributed by atoms with van der Waals surface area (Å²) in [7, 11) is -1.31. The molecular formula is C31H31N3O8S. The second-order valence-corrected chi connectivity index (χ2v) is 11.0. The monoisotopic (exact) mass is 605 g/mol. The van der Waals surface area contributed by atoms with Gasteiger partial charge in [-0.1, -0.05) is 29.8 Å². The van der Waals surface area contributed by atoms with Crippen LogP contribution in [0.3, 0.4) is 0 Å². The number of carbonyl (C=O) groups excluding carboxylic acids is 2. The minimum Gasteiger partial charge on any atom is -0.497 e. The van der Waals surface area contributed by atoms with Crippen LogP contribution in [-0.2, 0) is 19.6 Å². The van der Waals surface area contributed by atoms with Gasteiger partial charge in [-0.3, -0.25) is 9.10 Å². The first-order valence-electron chi connectivity index (χ1n) is 13.2. The molecule has 3 aromatic carbocycles. The third kappa shape index (κ3) is 7.41. The van der Waals surface area contributed by atoms with E-state index in [0.29, 0.717) is 22.8 Å². The molecule has 0 unspecified atom stereocenters. The molecule has 0 bridgehead atoms. The molecule has 43 heavy (non-hydrogen) atoms. The lowest BCUT2D eigenvalue weighted by molar-refractivity contribution is -0.119. The van der Waals surface area contributed by atoms with Crippen molar-refractivity contribution in [3.8, 4) is 22.8 Å². The van der Waals surface area contributed by atoms with E-state index in [1.165, 1.54) is 44.7 Å². The predicted octanol–water partition coefficient (Wildman–Crippen LogP) is 4.79. The molecule has 0 aliphatic rings. The SMILES string of the molecule is CCOC(=O)c1ccc(-c2ccc(/C=N\NC(=O)CN(c3ccc(OC)cc3OC)S(=O)(=O)c3ccc(C)cc3)o2)cc1. The lowest BCUT2D eigenvalue weighted by Crippen LogP contribution is -2.39. The molecule has 224 valence electrons. The quantitative estimate of drug-likeness (QED) is 0.138. The van der Waals surface area contributed by atoms with Crippen LogP contribution in [0.2, 0.25) is 0 Å². The van der Waals surface area contributed by atoms with Gasteiger partial charge in [0, 0.05) is 11.6 Å². The third-order valence-electron chi connectivity index (χ3n) is 6.24. The summed E-state index contributed by atoms with van der Waals surface area (Å²) in [4.78, 5) is 24.8. The van der Waals surface area contributed by atoms with Crippen LogP contribution in [-0.4, -0.2) is 53.9 Å². The number of sulfonamides is 1. The molecule has 0 aliphatic heterocycles. The number of hydrogen-bond donors (Lipinski definition) is 1. The van der Waals surface area contributed by atoms with Gasteiger partial charge in [0.2, 0.25) is 0 Å². The largest absolute Gasteiger partial charge is 0.497 e. The van der Waals surface area contributed by atoms with Crippen LogP contribution >= 0.6 is 0 Å². The van der Waals surface area contributed by atoms with Crippen molar-refractivity contribution in [1.29, 1.82) is 0 Å². The highest BCUT2D eigenvalue weighted by molar-refractivity contribution is 7.92. The van der Waals surface area contributed by atoms with Gasteiger partial charge in [-0.2, -0.15) is 5.10 Å². The van der Waals surface area contributed by atoms with Gasteiger partial charge < -0.3 is 18.6 Å². The topological polar surface area (TPSA) is 137 Å². The van der Waals surface area contributed by atoms with Crippen molar-refractivity contribution in [2.24, 2.45) is 5.10 Å². The summed E-state index contributed by atoms with van der Waals surface area (Å²) in [6.07, 6.45) is 1.29. The number of rotatable bonds is 12. The maximum absolute atomic E-state index is 13.7. The Morgan fingerprint density at radius 2 is 1.67 bits per heavy atom. The van der Waals surface area contributed by atoms with Gasteiger partial charge in [0.1, 0.15) is 29.6 Å². The zero-order valence-corrected chi connectivity index (χ0v) is 24.9. The zero-order valence-electron chi connectivity index (χ0n) is 24.1. The highest BCUT2D eigenvalue weighted by Crippen LogP contribution is 2.35.